The summed E-state index contributed by atoms with van der Waals surface area (Å²) in [7, 11) is 0. The molecule has 0 fully saturated rings. The average Bonchev–Trinajstić information content (AvgIpc) is 3.94. The maximum atomic E-state index is 13.6. The van der Waals surface area contributed by atoms with Crippen LogP contribution in [-0.4, -0.2) is 87.2 Å². The van der Waals surface area contributed by atoms with E-state index in [0.29, 0.717) is 24.8 Å². The summed E-state index contributed by atoms with van der Waals surface area (Å²) in [5, 5.41) is 26.7. The van der Waals surface area contributed by atoms with Crippen molar-refractivity contribution in [1.29, 1.82) is 0 Å². The number of furan rings is 1. The number of nitrogens with zero attached hydrogens (tertiary/aromatic N) is 2. The molecule has 0 aliphatic rings. The summed E-state index contributed by atoms with van der Waals surface area (Å²) < 4.78 is 13.2. The van der Waals surface area contributed by atoms with Crippen molar-refractivity contribution in [3.8, 4) is 22.8 Å². The first-order valence-electron chi connectivity index (χ1n) is 18.8. The minimum Gasteiger partial charge on any atom is -0.493 e. The molecule has 3 atom stereocenters. The molecule has 0 saturated heterocycles. The molecule has 2 heterocycles. The van der Waals surface area contributed by atoms with Crippen molar-refractivity contribution < 1.29 is 57.8 Å². The molecule has 5 N–H and O–H groups in total. The quantitative estimate of drug-likeness (QED) is 0.0294. The Hall–Kier alpha value is -6.91. The topological polar surface area (TPSA) is 236 Å². The number of hydroxylamine groups is 2. The van der Waals surface area contributed by atoms with E-state index < -0.39 is 60.1 Å². The number of carbonyl (C=O) groups excluding carboxylic acids is 5. The summed E-state index contributed by atoms with van der Waals surface area (Å²) in [5.74, 6) is -6.28. The van der Waals surface area contributed by atoms with Gasteiger partial charge in [0.2, 0.25) is 12.3 Å². The van der Waals surface area contributed by atoms with Crippen molar-refractivity contribution in [3.63, 3.8) is 0 Å². The first kappa shape index (κ1) is 43.8. The number of unbranched alkanes of at least 4 members (excludes halogenated alkanes) is 2. The van der Waals surface area contributed by atoms with Gasteiger partial charge in [0.05, 0.1) is 42.8 Å². The zero-order chi connectivity index (χ0) is 42.2. The summed E-state index contributed by atoms with van der Waals surface area (Å²) in [6.45, 7) is 5.30. The van der Waals surface area contributed by atoms with Crippen molar-refractivity contribution in [2.75, 3.05) is 13.3 Å². The number of ether oxygens (including phenoxy) is 1. The molecule has 0 radical (unpaired) electrons. The summed E-state index contributed by atoms with van der Waals surface area (Å²) in [5.41, 5.74) is 1.40. The second-order valence-corrected chi connectivity index (χ2v) is 13.1. The molecule has 4 rings (SSSR count). The number of hydrogen-bond donors (Lipinski definition) is 5. The molecule has 58 heavy (non-hydrogen) atoms. The Labute approximate surface area is 334 Å². The first-order chi connectivity index (χ1) is 27.9. The minimum absolute atomic E-state index is 0.0473. The lowest BCUT2D eigenvalue weighted by molar-refractivity contribution is -0.171. The number of amides is 4. The molecule has 4 amide bonds. The van der Waals surface area contributed by atoms with Crippen molar-refractivity contribution in [2.24, 2.45) is 5.92 Å². The van der Waals surface area contributed by atoms with E-state index in [1.807, 2.05) is 36.0 Å². The van der Waals surface area contributed by atoms with E-state index in [2.05, 4.69) is 16.0 Å². The molecular weight excluding hydrogens is 754 g/mol. The van der Waals surface area contributed by atoms with Crippen molar-refractivity contribution in [2.45, 2.75) is 71.4 Å². The maximum absolute atomic E-state index is 13.6. The summed E-state index contributed by atoms with van der Waals surface area (Å²) in [4.78, 5) is 92.9. The van der Waals surface area contributed by atoms with E-state index in [9.17, 15) is 38.7 Å². The SMILES string of the molecule is CCCCCC(C(=O)NCNC(=O)c1ccc(-c2ccc(C(=O)NC(CC(=O)O)C(=O)O)c(OCC)c2)o1)C(CC)N(C=O)OC(=O)c1ccc(-n2cccc2)cc1. The number of carboxylic acid groups (broad SMARTS) is 2. The van der Waals surface area contributed by atoms with Crippen LogP contribution in [0.5, 0.6) is 5.75 Å². The predicted molar refractivity (Wildman–Crippen MR) is 208 cm³/mol. The van der Waals surface area contributed by atoms with Crippen LogP contribution in [0.4, 0.5) is 0 Å². The Kier molecular flexibility index (Phi) is 16.2. The Bertz CT molecular complexity index is 2040. The van der Waals surface area contributed by atoms with Gasteiger partial charge in [-0.25, -0.2) is 9.59 Å². The first-order valence-corrected chi connectivity index (χ1v) is 18.8. The molecule has 308 valence electrons. The fourth-order valence-electron chi connectivity index (χ4n) is 6.14. The molecule has 2 aromatic carbocycles. The largest absolute Gasteiger partial charge is 0.493 e. The van der Waals surface area contributed by atoms with Crippen molar-refractivity contribution in [1.82, 2.24) is 25.6 Å². The van der Waals surface area contributed by atoms with Gasteiger partial charge in [-0.05, 0) is 80.4 Å². The molecule has 0 aliphatic heterocycles. The molecule has 0 saturated carbocycles. The number of aliphatic carboxylic acids is 2. The minimum atomic E-state index is -1.67. The van der Waals surface area contributed by atoms with Gasteiger partial charge in [0.25, 0.3) is 11.8 Å². The van der Waals surface area contributed by atoms with E-state index in [1.54, 1.807) is 38.1 Å². The van der Waals surface area contributed by atoms with Gasteiger partial charge < -0.3 is 44.7 Å². The zero-order valence-corrected chi connectivity index (χ0v) is 32.3. The van der Waals surface area contributed by atoms with Crippen molar-refractivity contribution in [3.05, 3.63) is 96.0 Å². The highest BCUT2D eigenvalue weighted by Gasteiger charge is 2.34. The summed E-state index contributed by atoms with van der Waals surface area (Å²) >= 11 is 0. The van der Waals surface area contributed by atoms with Crippen LogP contribution in [0.3, 0.4) is 0 Å². The molecule has 3 unspecified atom stereocenters. The third-order valence-corrected chi connectivity index (χ3v) is 9.10. The monoisotopic (exact) mass is 801 g/mol. The third-order valence-electron chi connectivity index (χ3n) is 9.10. The lowest BCUT2D eigenvalue weighted by Crippen LogP contribution is -2.49. The van der Waals surface area contributed by atoms with E-state index in [1.165, 1.54) is 30.3 Å². The standard InChI is InChI=1S/C41H47N5O12/c1-4-7-8-11-29(32(5-2)46(25-47)58-41(55)26-12-15-28(16-13-26)45-20-9-10-21-45)37(50)42-24-43-39(52)34-19-18-33(57-34)27-14-17-30(35(22-27)56-6-3)38(51)44-31(40(53)54)23-36(48)49/h9-10,12-22,25,29,31-32H,4-8,11,23-24H2,1-3H3,(H,42,50)(H,43,52)(H,44,51)(H,48,49)(H,53,54). The number of hydrogen-bond acceptors (Lipinski definition) is 10. The molecule has 2 aromatic heterocycles. The molecule has 0 spiro atoms. The van der Waals surface area contributed by atoms with Crippen molar-refractivity contribution >= 4 is 42.0 Å². The third kappa shape index (κ3) is 11.8. The number of nitrogens with one attached hydrogen (secondary N) is 3. The lowest BCUT2D eigenvalue weighted by atomic mass is 9.90. The summed E-state index contributed by atoms with van der Waals surface area (Å²) in [6, 6.07) is 15.1. The predicted octanol–water partition coefficient (Wildman–Crippen LogP) is 4.80. The van der Waals surface area contributed by atoms with Crippen LogP contribution in [0.2, 0.25) is 0 Å². The van der Waals surface area contributed by atoms with Crippen LogP contribution in [0.15, 0.2) is 83.5 Å². The summed E-state index contributed by atoms with van der Waals surface area (Å²) in [6.07, 6.45) is 6.32. The fourth-order valence-corrected chi connectivity index (χ4v) is 6.14. The molecular formula is C41H47N5O12. The van der Waals surface area contributed by atoms with E-state index in [4.69, 9.17) is 19.1 Å². The number of aromatic nitrogens is 1. The van der Waals surface area contributed by atoms with Crippen LogP contribution in [0.1, 0.15) is 90.6 Å². The average molecular weight is 802 g/mol. The molecule has 17 heteroatoms. The highest BCUT2D eigenvalue weighted by Crippen LogP contribution is 2.29. The Morgan fingerprint density at radius 2 is 1.62 bits per heavy atom. The number of carboxylic acids is 2. The van der Waals surface area contributed by atoms with Gasteiger partial charge in [-0.15, -0.1) is 0 Å². The number of benzene rings is 2. The van der Waals surface area contributed by atoms with E-state index in [-0.39, 0.29) is 48.1 Å². The Morgan fingerprint density at radius 3 is 2.24 bits per heavy atom. The Balaban J connectivity index is 1.40. The van der Waals surface area contributed by atoms with Crippen LogP contribution < -0.4 is 20.7 Å². The van der Waals surface area contributed by atoms with Gasteiger partial charge >= 0.3 is 17.9 Å². The number of rotatable bonds is 23. The second-order valence-electron chi connectivity index (χ2n) is 13.1. The lowest BCUT2D eigenvalue weighted by Gasteiger charge is -2.31. The fraction of sp³-hybridized carbons (Fsp3) is 0.341. The van der Waals surface area contributed by atoms with Gasteiger partial charge in [0.15, 0.2) is 5.76 Å². The van der Waals surface area contributed by atoms with Crippen LogP contribution in [0.25, 0.3) is 17.0 Å². The molecule has 17 nitrogen and oxygen atoms in total. The molecule has 0 aliphatic carbocycles. The second kappa shape index (κ2) is 21.4. The van der Waals surface area contributed by atoms with Gasteiger partial charge in [-0.1, -0.05) is 39.2 Å². The number of carbonyl (C=O) groups is 7. The zero-order valence-electron chi connectivity index (χ0n) is 32.3. The van der Waals surface area contributed by atoms with Crippen LogP contribution >= 0.6 is 0 Å². The van der Waals surface area contributed by atoms with Gasteiger partial charge in [0.1, 0.15) is 17.6 Å². The normalized spacial score (nSPS) is 12.3. The van der Waals surface area contributed by atoms with Gasteiger partial charge in [-0.3, -0.25) is 24.0 Å². The highest BCUT2D eigenvalue weighted by atomic mass is 16.7. The van der Waals surface area contributed by atoms with Crippen LogP contribution in [0, 0.1) is 5.92 Å². The maximum Gasteiger partial charge on any atom is 0.363 e. The molecule has 0 bridgehead atoms. The van der Waals surface area contributed by atoms with E-state index in [0.717, 1.165) is 23.6 Å². The van der Waals surface area contributed by atoms with Crippen LogP contribution in [-0.2, 0) is 24.0 Å². The molecule has 4 aromatic rings. The van der Waals surface area contributed by atoms with Gasteiger partial charge in [-0.2, -0.15) is 5.06 Å². The highest BCUT2D eigenvalue weighted by molar-refractivity contribution is 6.00. The van der Waals surface area contributed by atoms with E-state index >= 15 is 0 Å². The Morgan fingerprint density at radius 1 is 0.897 bits per heavy atom. The van der Waals surface area contributed by atoms with Gasteiger partial charge in [0, 0.05) is 23.6 Å². The smallest absolute Gasteiger partial charge is 0.363 e.